The van der Waals surface area contributed by atoms with Crippen LogP contribution in [0, 0.1) is 5.92 Å². The quantitative estimate of drug-likeness (QED) is 0.333. The van der Waals surface area contributed by atoms with Crippen LogP contribution in [0.15, 0.2) is 64.9 Å². The first-order valence-corrected chi connectivity index (χ1v) is 19.0. The Morgan fingerprint density at radius 1 is 1.12 bits per heavy atom. The molecule has 0 unspecified atom stereocenters. The second-order valence-electron chi connectivity index (χ2n) is 12.2. The Labute approximate surface area is 287 Å². The minimum atomic E-state index is -4.06. The first-order chi connectivity index (χ1) is 22.6. The number of hydrogen-bond acceptors (Lipinski definition) is 9. The maximum atomic E-state index is 14.3. The summed E-state index contributed by atoms with van der Waals surface area (Å²) < 4.78 is 70.6. The highest BCUT2D eigenvalue weighted by molar-refractivity contribution is 7.92. The van der Waals surface area contributed by atoms with Gasteiger partial charge >= 0.3 is 0 Å². The summed E-state index contributed by atoms with van der Waals surface area (Å²) in [6.07, 6.45) is 3.93. The highest BCUT2D eigenvalue weighted by atomic mass is 35.5. The molecule has 2 N–H and O–H groups in total. The molecular weight excluding hydrogens is 682 g/mol. The number of fused-ring (bicyclic) bond motifs is 1. The standard InChI is InChI=1S/C32H44ClN5O8S2/c1-22-17-38(23(2)20-39)32(40)28-16-26(35-47(41,42)31-19-36(4)21-34-31)11-14-29(28)46-24(3)8-6-7-15-45-30(22)18-37(5)48(43,44)27-12-9-25(33)10-13-27/h9-14,16,19,21-24,30,35,39H,6-8,15,17-18,20H2,1-5H3/t22-,23+,24+,30-/m1/s1. The summed E-state index contributed by atoms with van der Waals surface area (Å²) in [6.45, 7) is 5.56. The number of imidazole rings is 1. The normalized spacial score (nSPS) is 20.9. The van der Waals surface area contributed by atoms with E-state index in [1.165, 1.54) is 69.7 Å². The zero-order chi connectivity index (χ0) is 35.2. The topological polar surface area (TPSA) is 160 Å². The van der Waals surface area contributed by atoms with Crippen LogP contribution >= 0.6 is 11.6 Å². The van der Waals surface area contributed by atoms with E-state index in [0.717, 1.165) is 6.42 Å². The number of anilines is 1. The molecule has 48 heavy (non-hydrogen) atoms. The Bertz CT molecular complexity index is 1770. The van der Waals surface area contributed by atoms with Crippen molar-refractivity contribution in [1.29, 1.82) is 0 Å². The number of ether oxygens (including phenoxy) is 2. The molecule has 2 heterocycles. The number of sulfonamides is 2. The Hall–Kier alpha value is -3.21. The van der Waals surface area contributed by atoms with E-state index in [2.05, 4.69) is 9.71 Å². The molecule has 1 aliphatic heterocycles. The smallest absolute Gasteiger partial charge is 0.280 e. The third-order valence-electron chi connectivity index (χ3n) is 8.22. The van der Waals surface area contributed by atoms with Gasteiger partial charge in [0.05, 0.1) is 41.6 Å². The number of aromatic nitrogens is 2. The van der Waals surface area contributed by atoms with Crippen LogP contribution < -0.4 is 9.46 Å². The fourth-order valence-corrected chi connectivity index (χ4v) is 7.66. The zero-order valence-corrected chi connectivity index (χ0v) is 30.1. The van der Waals surface area contributed by atoms with Gasteiger partial charge in [0.15, 0.2) is 5.03 Å². The number of benzene rings is 2. The average molecular weight is 726 g/mol. The predicted molar refractivity (Wildman–Crippen MR) is 182 cm³/mol. The van der Waals surface area contributed by atoms with E-state index < -0.39 is 38.1 Å². The predicted octanol–water partition coefficient (Wildman–Crippen LogP) is 3.99. The highest BCUT2D eigenvalue weighted by Crippen LogP contribution is 2.30. The molecule has 0 bridgehead atoms. The van der Waals surface area contributed by atoms with E-state index in [4.69, 9.17) is 21.1 Å². The van der Waals surface area contributed by atoms with Crippen LogP contribution in [0.2, 0.25) is 5.02 Å². The maximum Gasteiger partial charge on any atom is 0.280 e. The van der Waals surface area contributed by atoms with Crippen molar-refractivity contribution < 1.29 is 36.2 Å². The monoisotopic (exact) mass is 725 g/mol. The summed E-state index contributed by atoms with van der Waals surface area (Å²) in [5.41, 5.74) is 0.234. The lowest BCUT2D eigenvalue weighted by Crippen LogP contribution is -2.48. The fraction of sp³-hybridized carbons (Fsp3) is 0.500. The number of aliphatic hydroxyl groups excluding tert-OH is 1. The fourth-order valence-electron chi connectivity index (χ4n) is 5.32. The van der Waals surface area contributed by atoms with Crippen LogP contribution in [0.25, 0.3) is 0 Å². The molecule has 0 aliphatic carbocycles. The molecule has 4 atom stereocenters. The van der Waals surface area contributed by atoms with Gasteiger partial charge in [-0.1, -0.05) is 18.5 Å². The molecule has 1 amide bonds. The van der Waals surface area contributed by atoms with Gasteiger partial charge < -0.3 is 24.0 Å². The molecule has 4 rings (SSSR count). The molecule has 264 valence electrons. The molecule has 1 aromatic heterocycles. The van der Waals surface area contributed by atoms with Gasteiger partial charge in [-0.2, -0.15) is 12.7 Å². The van der Waals surface area contributed by atoms with E-state index in [9.17, 15) is 26.7 Å². The van der Waals surface area contributed by atoms with Gasteiger partial charge in [-0.05, 0) is 75.6 Å². The number of carbonyl (C=O) groups excluding carboxylic acids is 1. The molecule has 0 radical (unpaired) electrons. The van der Waals surface area contributed by atoms with Gasteiger partial charge in [0, 0.05) is 56.6 Å². The lowest BCUT2D eigenvalue weighted by molar-refractivity contribution is -0.00833. The number of likely N-dealkylation sites (N-methyl/N-ethyl adjacent to an activating group) is 1. The summed E-state index contributed by atoms with van der Waals surface area (Å²) in [4.78, 5) is 19.8. The van der Waals surface area contributed by atoms with Gasteiger partial charge in [0.1, 0.15) is 5.75 Å². The Balaban J connectivity index is 1.67. The number of amides is 1. The van der Waals surface area contributed by atoms with E-state index >= 15 is 0 Å². The first kappa shape index (κ1) is 37.6. The number of nitrogens with one attached hydrogen (secondary N) is 1. The third kappa shape index (κ3) is 9.27. The lowest BCUT2D eigenvalue weighted by Gasteiger charge is -2.35. The van der Waals surface area contributed by atoms with Crippen LogP contribution in [0.3, 0.4) is 0 Å². The van der Waals surface area contributed by atoms with Gasteiger partial charge in [-0.15, -0.1) is 0 Å². The molecule has 0 saturated carbocycles. The number of aryl methyl sites for hydroxylation is 1. The Morgan fingerprint density at radius 2 is 1.83 bits per heavy atom. The summed E-state index contributed by atoms with van der Waals surface area (Å²) >= 11 is 5.97. The van der Waals surface area contributed by atoms with E-state index in [1.807, 2.05) is 13.8 Å². The number of hydrogen-bond donors (Lipinski definition) is 2. The number of halogens is 1. The van der Waals surface area contributed by atoms with Crippen molar-refractivity contribution in [1.82, 2.24) is 18.8 Å². The summed E-state index contributed by atoms with van der Waals surface area (Å²) in [5, 5.41) is 10.4. The van der Waals surface area contributed by atoms with Gasteiger partial charge in [-0.25, -0.2) is 13.4 Å². The minimum absolute atomic E-state index is 0.0111. The van der Waals surface area contributed by atoms with Crippen molar-refractivity contribution in [2.75, 3.05) is 38.1 Å². The third-order valence-corrected chi connectivity index (χ3v) is 11.6. The van der Waals surface area contributed by atoms with Crippen molar-refractivity contribution in [2.24, 2.45) is 13.0 Å². The zero-order valence-electron chi connectivity index (χ0n) is 27.7. The van der Waals surface area contributed by atoms with Crippen molar-refractivity contribution in [3.05, 3.63) is 65.6 Å². The van der Waals surface area contributed by atoms with Crippen LogP contribution in [0.4, 0.5) is 5.69 Å². The van der Waals surface area contributed by atoms with E-state index in [-0.39, 0.29) is 58.6 Å². The molecule has 0 spiro atoms. The Kier molecular flexibility index (Phi) is 12.5. The second kappa shape index (κ2) is 16.0. The van der Waals surface area contributed by atoms with Crippen molar-refractivity contribution in [2.45, 2.75) is 68.2 Å². The minimum Gasteiger partial charge on any atom is -0.490 e. The van der Waals surface area contributed by atoms with Crippen LogP contribution in [-0.4, -0.2) is 98.2 Å². The number of carbonyl (C=O) groups is 1. The van der Waals surface area contributed by atoms with Crippen molar-refractivity contribution in [3.63, 3.8) is 0 Å². The molecule has 1 aliphatic rings. The van der Waals surface area contributed by atoms with Crippen LogP contribution in [-0.2, 0) is 31.8 Å². The highest BCUT2D eigenvalue weighted by Gasteiger charge is 2.32. The molecule has 16 heteroatoms. The van der Waals surface area contributed by atoms with Crippen LogP contribution in [0.5, 0.6) is 5.75 Å². The lowest BCUT2D eigenvalue weighted by atomic mass is 10.0. The van der Waals surface area contributed by atoms with Gasteiger partial charge in [-0.3, -0.25) is 9.52 Å². The molecular formula is C32H44ClN5O8S2. The van der Waals surface area contributed by atoms with Crippen molar-refractivity contribution in [3.8, 4) is 5.75 Å². The molecule has 0 saturated heterocycles. The average Bonchev–Trinajstić information content (AvgIpc) is 3.49. The SMILES string of the molecule is C[C@@H]1CN([C@@H](C)CO)C(=O)c2cc(NS(=O)(=O)c3cn(C)cn3)ccc2O[C@@H](C)CCCCO[C@@H]1CN(C)S(=O)(=O)c1ccc(Cl)cc1. The number of nitrogens with zero attached hydrogens (tertiary/aromatic N) is 4. The Morgan fingerprint density at radius 3 is 2.48 bits per heavy atom. The van der Waals surface area contributed by atoms with E-state index in [0.29, 0.717) is 24.5 Å². The number of aliphatic hydroxyl groups is 1. The number of rotatable bonds is 9. The van der Waals surface area contributed by atoms with E-state index in [1.54, 1.807) is 20.0 Å². The largest absolute Gasteiger partial charge is 0.490 e. The first-order valence-electron chi connectivity index (χ1n) is 15.7. The van der Waals surface area contributed by atoms with Crippen LogP contribution in [0.1, 0.15) is 50.4 Å². The summed E-state index contributed by atoms with van der Waals surface area (Å²) in [5.74, 6) is -0.611. The molecule has 0 fully saturated rings. The van der Waals surface area contributed by atoms with Gasteiger partial charge in [0.25, 0.3) is 15.9 Å². The summed E-state index contributed by atoms with van der Waals surface area (Å²) in [6, 6.07) is 9.76. The summed E-state index contributed by atoms with van der Waals surface area (Å²) in [7, 11) is -4.80. The second-order valence-corrected chi connectivity index (χ2v) is 16.3. The van der Waals surface area contributed by atoms with Crippen molar-refractivity contribution >= 4 is 43.2 Å². The maximum absolute atomic E-state index is 14.3. The molecule has 13 nitrogen and oxygen atoms in total. The van der Waals surface area contributed by atoms with Gasteiger partial charge in [0.2, 0.25) is 10.0 Å². The molecule has 2 aromatic carbocycles. The molecule has 3 aromatic rings.